The summed E-state index contributed by atoms with van der Waals surface area (Å²) in [5, 5.41) is 13.1. The van der Waals surface area contributed by atoms with Crippen molar-refractivity contribution in [3.8, 4) is 6.07 Å². The third-order valence-electron chi connectivity index (χ3n) is 4.43. The summed E-state index contributed by atoms with van der Waals surface area (Å²) >= 11 is 0. The van der Waals surface area contributed by atoms with E-state index in [4.69, 9.17) is 9.78 Å². The fraction of sp³-hybridized carbons (Fsp3) is 0.412. The second-order valence-electron chi connectivity index (χ2n) is 6.11. The Morgan fingerprint density at radius 1 is 1.35 bits per heavy atom. The van der Waals surface area contributed by atoms with Crippen molar-refractivity contribution in [1.29, 1.82) is 5.26 Å². The maximum absolute atomic E-state index is 12.8. The van der Waals surface area contributed by atoms with Crippen LogP contribution >= 0.6 is 0 Å². The van der Waals surface area contributed by atoms with Gasteiger partial charge in [-0.1, -0.05) is 11.2 Å². The van der Waals surface area contributed by atoms with Crippen LogP contribution in [-0.2, 0) is 0 Å². The number of carbonyl (C=O) groups is 1. The largest absolute Gasteiger partial charge is 0.339 e. The molecule has 6 nitrogen and oxygen atoms in total. The molecule has 0 radical (unpaired) electrons. The van der Waals surface area contributed by atoms with Crippen molar-refractivity contribution in [2.45, 2.75) is 37.6 Å². The summed E-state index contributed by atoms with van der Waals surface area (Å²) in [7, 11) is 0. The summed E-state index contributed by atoms with van der Waals surface area (Å²) in [6.07, 6.45) is 3.97. The average Bonchev–Trinajstić information content (AvgIpc) is 3.13. The molecule has 2 heterocycles. The zero-order chi connectivity index (χ0) is 15.8. The quantitative estimate of drug-likeness (QED) is 0.870. The van der Waals surface area contributed by atoms with Crippen molar-refractivity contribution in [1.82, 2.24) is 15.0 Å². The Morgan fingerprint density at radius 2 is 2.22 bits per heavy atom. The normalized spacial score (nSPS) is 20.5. The number of hydrogen-bond acceptors (Lipinski definition) is 5. The molecule has 23 heavy (non-hydrogen) atoms. The van der Waals surface area contributed by atoms with Crippen molar-refractivity contribution < 1.29 is 9.32 Å². The zero-order valence-corrected chi connectivity index (χ0v) is 12.6. The van der Waals surface area contributed by atoms with Crippen LogP contribution in [0.1, 0.15) is 65.3 Å². The van der Waals surface area contributed by atoms with Gasteiger partial charge in [-0.15, -0.1) is 0 Å². The Balaban J connectivity index is 1.58. The van der Waals surface area contributed by atoms with Crippen molar-refractivity contribution in [3.05, 3.63) is 47.1 Å². The fourth-order valence-electron chi connectivity index (χ4n) is 3.04. The Labute approximate surface area is 133 Å². The maximum atomic E-state index is 12.8. The van der Waals surface area contributed by atoms with Crippen LogP contribution < -0.4 is 0 Å². The summed E-state index contributed by atoms with van der Waals surface area (Å²) in [5.41, 5.74) is 1.02. The van der Waals surface area contributed by atoms with Crippen LogP contribution in [0.3, 0.4) is 0 Å². The molecular weight excluding hydrogens is 292 g/mol. The standard InChI is InChI=1S/C17H16N4O2/c18-10-11-3-1-4-13(9-11)17(22)21-8-2-5-14(21)15-19-16(23-20-15)12-6-7-12/h1,3-4,9,12,14H,2,5-8H2/t14-/m0/s1. The highest BCUT2D eigenvalue weighted by molar-refractivity contribution is 5.95. The third-order valence-corrected chi connectivity index (χ3v) is 4.43. The molecule has 1 aromatic heterocycles. The molecule has 6 heteroatoms. The number of nitrogens with zero attached hydrogens (tertiary/aromatic N) is 4. The van der Waals surface area contributed by atoms with Crippen molar-refractivity contribution >= 4 is 5.91 Å². The van der Waals surface area contributed by atoms with E-state index in [2.05, 4.69) is 16.2 Å². The summed E-state index contributed by atoms with van der Waals surface area (Å²) in [6, 6.07) is 8.73. The number of benzene rings is 1. The van der Waals surface area contributed by atoms with Gasteiger partial charge < -0.3 is 9.42 Å². The molecule has 0 spiro atoms. The van der Waals surface area contributed by atoms with Gasteiger partial charge in [0.15, 0.2) is 5.82 Å². The van der Waals surface area contributed by atoms with Crippen LogP contribution in [0, 0.1) is 11.3 Å². The van der Waals surface area contributed by atoms with Crippen molar-refractivity contribution in [2.75, 3.05) is 6.54 Å². The van der Waals surface area contributed by atoms with E-state index in [0.717, 1.165) is 25.7 Å². The van der Waals surface area contributed by atoms with Crippen molar-refractivity contribution in [3.63, 3.8) is 0 Å². The van der Waals surface area contributed by atoms with Gasteiger partial charge in [-0.2, -0.15) is 10.2 Å². The number of aromatic nitrogens is 2. The first-order valence-corrected chi connectivity index (χ1v) is 7.91. The van der Waals surface area contributed by atoms with Gasteiger partial charge in [0.05, 0.1) is 17.7 Å². The molecule has 0 N–H and O–H groups in total. The number of hydrogen-bond donors (Lipinski definition) is 0. The fourth-order valence-corrected chi connectivity index (χ4v) is 3.04. The van der Waals surface area contributed by atoms with Gasteiger partial charge in [0.25, 0.3) is 5.91 Å². The Hall–Kier alpha value is -2.68. The van der Waals surface area contributed by atoms with E-state index in [0.29, 0.717) is 35.3 Å². The molecule has 1 atom stereocenters. The molecule has 1 saturated carbocycles. The molecule has 0 bridgehead atoms. The number of amides is 1. The van der Waals surface area contributed by atoms with Gasteiger partial charge in [0.1, 0.15) is 0 Å². The number of carbonyl (C=O) groups excluding carboxylic acids is 1. The molecule has 2 aliphatic rings. The zero-order valence-electron chi connectivity index (χ0n) is 12.6. The Morgan fingerprint density at radius 3 is 3.00 bits per heavy atom. The van der Waals surface area contributed by atoms with Crippen LogP contribution in [0.15, 0.2) is 28.8 Å². The number of nitriles is 1. The lowest BCUT2D eigenvalue weighted by Gasteiger charge is -2.22. The Kier molecular flexibility index (Phi) is 3.34. The van der Waals surface area contributed by atoms with Gasteiger partial charge in [0.2, 0.25) is 5.89 Å². The van der Waals surface area contributed by atoms with Gasteiger partial charge in [-0.05, 0) is 43.9 Å². The van der Waals surface area contributed by atoms with Crippen LogP contribution in [0.2, 0.25) is 0 Å². The molecule has 0 unspecified atom stereocenters. The van der Waals surface area contributed by atoms with Gasteiger partial charge in [0, 0.05) is 18.0 Å². The van der Waals surface area contributed by atoms with Crippen LogP contribution in [0.5, 0.6) is 0 Å². The molecule has 2 fully saturated rings. The molecule has 1 aliphatic heterocycles. The van der Waals surface area contributed by atoms with E-state index < -0.39 is 0 Å². The highest BCUT2D eigenvalue weighted by Gasteiger charge is 2.36. The predicted molar refractivity (Wildman–Crippen MR) is 80.4 cm³/mol. The van der Waals surface area contributed by atoms with Crippen LogP contribution in [0.4, 0.5) is 0 Å². The topological polar surface area (TPSA) is 83.0 Å². The average molecular weight is 308 g/mol. The molecule has 1 saturated heterocycles. The summed E-state index contributed by atoms with van der Waals surface area (Å²) in [5.74, 6) is 1.64. The van der Waals surface area contributed by atoms with Crippen LogP contribution in [-0.4, -0.2) is 27.5 Å². The summed E-state index contributed by atoms with van der Waals surface area (Å²) in [6.45, 7) is 0.674. The molecular formula is C17H16N4O2. The molecule has 1 aliphatic carbocycles. The minimum absolute atomic E-state index is 0.0811. The van der Waals surface area contributed by atoms with Gasteiger partial charge in [-0.25, -0.2) is 0 Å². The van der Waals surface area contributed by atoms with Crippen LogP contribution in [0.25, 0.3) is 0 Å². The first-order chi connectivity index (χ1) is 11.3. The highest BCUT2D eigenvalue weighted by atomic mass is 16.5. The first kappa shape index (κ1) is 13.9. The molecule has 1 aromatic carbocycles. The molecule has 116 valence electrons. The molecule has 2 aromatic rings. The monoisotopic (exact) mass is 308 g/mol. The first-order valence-electron chi connectivity index (χ1n) is 7.91. The third kappa shape index (κ3) is 2.59. The summed E-state index contributed by atoms with van der Waals surface area (Å²) in [4.78, 5) is 19.1. The number of likely N-dealkylation sites (tertiary alicyclic amines) is 1. The second-order valence-corrected chi connectivity index (χ2v) is 6.11. The lowest BCUT2D eigenvalue weighted by molar-refractivity contribution is 0.0728. The minimum Gasteiger partial charge on any atom is -0.339 e. The van der Waals surface area contributed by atoms with E-state index in [9.17, 15) is 4.79 Å². The molecule has 4 rings (SSSR count). The second kappa shape index (κ2) is 5.51. The van der Waals surface area contributed by atoms with E-state index in [-0.39, 0.29) is 11.9 Å². The van der Waals surface area contributed by atoms with E-state index >= 15 is 0 Å². The lowest BCUT2D eigenvalue weighted by Crippen LogP contribution is -2.31. The SMILES string of the molecule is N#Cc1cccc(C(=O)N2CCC[C@H]2c2noc(C3CC3)n2)c1. The smallest absolute Gasteiger partial charge is 0.254 e. The van der Waals surface area contributed by atoms with E-state index in [1.807, 2.05) is 0 Å². The van der Waals surface area contributed by atoms with E-state index in [1.54, 1.807) is 29.2 Å². The number of rotatable bonds is 3. The Bertz CT molecular complexity index is 788. The van der Waals surface area contributed by atoms with Gasteiger partial charge in [-0.3, -0.25) is 4.79 Å². The van der Waals surface area contributed by atoms with Gasteiger partial charge >= 0.3 is 0 Å². The summed E-state index contributed by atoms with van der Waals surface area (Å²) < 4.78 is 5.33. The molecule has 1 amide bonds. The van der Waals surface area contributed by atoms with E-state index in [1.165, 1.54) is 0 Å². The maximum Gasteiger partial charge on any atom is 0.254 e. The van der Waals surface area contributed by atoms with Crippen molar-refractivity contribution in [2.24, 2.45) is 0 Å². The lowest BCUT2D eigenvalue weighted by atomic mass is 10.1. The highest BCUT2D eigenvalue weighted by Crippen LogP contribution is 2.40. The predicted octanol–water partition coefficient (Wildman–Crippen LogP) is 2.80. The minimum atomic E-state index is -0.135.